The molecule has 0 saturated carbocycles. The molecule has 0 radical (unpaired) electrons. The normalized spacial score (nSPS) is 13.2. The first-order valence-corrected chi connectivity index (χ1v) is 15.7. The highest BCUT2D eigenvalue weighted by molar-refractivity contribution is 5.86. The zero-order valence-corrected chi connectivity index (χ0v) is 26.8. The topological polar surface area (TPSA) is 139 Å². The molecule has 3 heterocycles. The number of amides is 1. The minimum atomic E-state index is -1.08. The first-order valence-electron chi connectivity index (χ1n) is 15.7. The van der Waals surface area contributed by atoms with Crippen molar-refractivity contribution in [3.05, 3.63) is 114 Å². The highest BCUT2D eigenvalue weighted by Crippen LogP contribution is 2.29. The number of carbonyl (C=O) groups is 1. The lowest BCUT2D eigenvalue weighted by Gasteiger charge is -2.25. The summed E-state index contributed by atoms with van der Waals surface area (Å²) in [7, 11) is 1.66. The van der Waals surface area contributed by atoms with E-state index in [1.807, 2.05) is 54.7 Å². The average molecular weight is 619 g/mol. The fourth-order valence-corrected chi connectivity index (χ4v) is 6.01. The Balaban J connectivity index is 1.45. The number of para-hydroxylation sites is 2. The number of hydrogen-bond acceptors (Lipinski definition) is 6. The van der Waals surface area contributed by atoms with Gasteiger partial charge in [-0.3, -0.25) is 4.79 Å². The van der Waals surface area contributed by atoms with Crippen molar-refractivity contribution in [2.24, 2.45) is 5.73 Å². The molecule has 3 aromatic carbocycles. The molecule has 1 amide bonds. The number of hydrogen-bond donors (Lipinski definition) is 5. The van der Waals surface area contributed by atoms with Gasteiger partial charge in [0.1, 0.15) is 5.75 Å². The Bertz CT molecular complexity index is 1930. The number of methoxy groups -OCH3 is 1. The lowest BCUT2D eigenvalue weighted by atomic mass is 10.0. The number of rotatable bonds is 13. The molecule has 238 valence electrons. The van der Waals surface area contributed by atoms with Crippen LogP contribution < -0.4 is 21.1 Å². The van der Waals surface area contributed by atoms with Crippen LogP contribution in [0.4, 0.5) is 0 Å². The Morgan fingerprint density at radius 3 is 1.96 bits per heavy atom. The van der Waals surface area contributed by atoms with Crippen molar-refractivity contribution < 1.29 is 9.53 Å². The Morgan fingerprint density at radius 2 is 1.41 bits per heavy atom. The van der Waals surface area contributed by atoms with Crippen LogP contribution in [0.15, 0.2) is 85.2 Å². The molecule has 0 saturated heterocycles. The van der Waals surface area contributed by atoms with Crippen molar-refractivity contribution in [2.45, 2.75) is 57.8 Å². The molecule has 0 aliphatic rings. The zero-order valence-electron chi connectivity index (χ0n) is 26.8. The molecule has 6 rings (SSSR count). The predicted molar refractivity (Wildman–Crippen MR) is 182 cm³/mol. The lowest BCUT2D eigenvalue weighted by Crippen LogP contribution is -2.50. The van der Waals surface area contributed by atoms with Crippen molar-refractivity contribution in [3.8, 4) is 5.75 Å². The highest BCUT2D eigenvalue weighted by Gasteiger charge is 2.31. The van der Waals surface area contributed by atoms with Gasteiger partial charge in [0.25, 0.3) is 0 Å². The van der Waals surface area contributed by atoms with E-state index in [0.717, 1.165) is 45.7 Å². The quantitative estimate of drug-likeness (QED) is 0.119. The molecule has 0 aliphatic carbocycles. The van der Waals surface area contributed by atoms with Crippen LogP contribution in [0.1, 0.15) is 61.2 Å². The predicted octanol–water partition coefficient (Wildman–Crippen LogP) is 5.33. The largest absolute Gasteiger partial charge is 0.497 e. The van der Waals surface area contributed by atoms with Gasteiger partial charge in [0, 0.05) is 40.6 Å². The second-order valence-electron chi connectivity index (χ2n) is 12.3. The van der Waals surface area contributed by atoms with Crippen LogP contribution in [-0.4, -0.2) is 49.8 Å². The van der Waals surface area contributed by atoms with Gasteiger partial charge in [-0.2, -0.15) is 0 Å². The van der Waals surface area contributed by atoms with Gasteiger partial charge in [-0.1, -0.05) is 55.5 Å². The summed E-state index contributed by atoms with van der Waals surface area (Å²) in [5.74, 6) is 1.98. The fraction of sp³-hybridized carbons (Fsp3) is 0.306. The SMILES string of the molecule is CCN[C@H](Cc1c[nH]c2ccccc12)c1nnc([C@@H](Cc2c[nH]c3ccccc23)NC(=O)C(C)(C)N)n1Cc1ccc(OC)cc1. The number of aromatic amines is 2. The third-order valence-corrected chi connectivity index (χ3v) is 8.47. The van der Waals surface area contributed by atoms with Crippen molar-refractivity contribution in [1.82, 2.24) is 35.4 Å². The number of carbonyl (C=O) groups excluding carboxylic acids is 1. The average Bonchev–Trinajstić information content (AvgIpc) is 3.78. The van der Waals surface area contributed by atoms with Gasteiger partial charge in [0.05, 0.1) is 31.3 Å². The molecule has 10 nitrogen and oxygen atoms in total. The summed E-state index contributed by atoms with van der Waals surface area (Å²) < 4.78 is 7.56. The third-order valence-electron chi connectivity index (χ3n) is 8.47. The molecular formula is C36H42N8O2. The molecule has 0 spiro atoms. The molecule has 6 N–H and O–H groups in total. The van der Waals surface area contributed by atoms with Crippen molar-refractivity contribution >= 4 is 27.7 Å². The number of fused-ring (bicyclic) bond motifs is 2. The minimum Gasteiger partial charge on any atom is -0.497 e. The maximum Gasteiger partial charge on any atom is 0.240 e. The van der Waals surface area contributed by atoms with Crippen molar-refractivity contribution in [3.63, 3.8) is 0 Å². The summed E-state index contributed by atoms with van der Waals surface area (Å²) in [5.41, 5.74) is 10.7. The van der Waals surface area contributed by atoms with E-state index in [4.69, 9.17) is 20.7 Å². The van der Waals surface area contributed by atoms with Crippen molar-refractivity contribution in [1.29, 1.82) is 0 Å². The van der Waals surface area contributed by atoms with E-state index in [1.54, 1.807) is 21.0 Å². The number of ether oxygens (including phenoxy) is 1. The number of H-pyrrole nitrogens is 2. The molecule has 6 aromatic rings. The van der Waals surface area contributed by atoms with E-state index < -0.39 is 11.6 Å². The standard InChI is InChI=1S/C36H42N8O2/c1-5-38-31(18-24-20-39-29-12-8-6-10-27(24)29)33-42-43-34(44(33)22-23-14-16-26(46-4)17-15-23)32(41-35(45)36(2,3)37)19-25-21-40-30-13-9-7-11-28(25)30/h6-17,20-21,31-32,38-40H,5,18-19,22,37H2,1-4H3,(H,41,45)/t31-,32-/m1/s1. The van der Waals surface area contributed by atoms with Crippen LogP contribution in [0, 0.1) is 0 Å². The Kier molecular flexibility index (Phi) is 8.92. The van der Waals surface area contributed by atoms with E-state index in [0.29, 0.717) is 25.2 Å². The summed E-state index contributed by atoms with van der Waals surface area (Å²) in [6.45, 7) is 6.76. The second-order valence-corrected chi connectivity index (χ2v) is 12.3. The Hall–Kier alpha value is -4.93. The minimum absolute atomic E-state index is 0.140. The summed E-state index contributed by atoms with van der Waals surface area (Å²) in [6.07, 6.45) is 5.28. The molecule has 0 unspecified atom stereocenters. The second kappa shape index (κ2) is 13.2. The van der Waals surface area contributed by atoms with Crippen molar-refractivity contribution in [2.75, 3.05) is 13.7 Å². The van der Waals surface area contributed by atoms with Gasteiger partial charge in [0.15, 0.2) is 11.6 Å². The van der Waals surface area contributed by atoms with Gasteiger partial charge >= 0.3 is 0 Å². The van der Waals surface area contributed by atoms with Crippen LogP contribution >= 0.6 is 0 Å². The third kappa shape index (κ3) is 6.54. The van der Waals surface area contributed by atoms with Gasteiger partial charge in [0.2, 0.25) is 5.91 Å². The number of benzene rings is 3. The highest BCUT2D eigenvalue weighted by atomic mass is 16.5. The smallest absolute Gasteiger partial charge is 0.240 e. The summed E-state index contributed by atoms with van der Waals surface area (Å²) in [4.78, 5) is 20.2. The van der Waals surface area contributed by atoms with Crippen LogP contribution in [-0.2, 0) is 24.2 Å². The maximum absolute atomic E-state index is 13.4. The number of nitrogens with zero attached hydrogens (tertiary/aromatic N) is 3. The van der Waals surface area contributed by atoms with Crippen LogP contribution in [0.2, 0.25) is 0 Å². The van der Waals surface area contributed by atoms with Crippen LogP contribution in [0.3, 0.4) is 0 Å². The number of aromatic nitrogens is 5. The van der Waals surface area contributed by atoms with Gasteiger partial charge in [-0.05, 0) is 67.8 Å². The van der Waals surface area contributed by atoms with E-state index in [-0.39, 0.29) is 11.9 Å². The van der Waals surface area contributed by atoms with E-state index in [2.05, 4.69) is 62.6 Å². The number of nitrogens with one attached hydrogen (secondary N) is 4. The zero-order chi connectivity index (χ0) is 32.3. The number of nitrogens with two attached hydrogens (primary N) is 1. The van der Waals surface area contributed by atoms with E-state index in [1.165, 1.54) is 10.9 Å². The Morgan fingerprint density at radius 1 is 0.870 bits per heavy atom. The summed E-state index contributed by atoms with van der Waals surface area (Å²) >= 11 is 0. The van der Waals surface area contributed by atoms with Crippen LogP contribution in [0.25, 0.3) is 21.8 Å². The maximum atomic E-state index is 13.4. The Labute approximate surface area is 268 Å². The lowest BCUT2D eigenvalue weighted by molar-refractivity contribution is -0.126. The van der Waals surface area contributed by atoms with Crippen LogP contribution in [0.5, 0.6) is 5.75 Å². The molecular weight excluding hydrogens is 576 g/mol. The van der Waals surface area contributed by atoms with E-state index in [9.17, 15) is 4.79 Å². The van der Waals surface area contributed by atoms with E-state index >= 15 is 0 Å². The van der Waals surface area contributed by atoms with Gasteiger partial charge in [-0.15, -0.1) is 10.2 Å². The number of likely N-dealkylation sites (N-methyl/N-ethyl adjacent to an activating group) is 1. The fourth-order valence-electron chi connectivity index (χ4n) is 6.01. The molecule has 46 heavy (non-hydrogen) atoms. The molecule has 0 aliphatic heterocycles. The first-order chi connectivity index (χ1) is 22.2. The van der Waals surface area contributed by atoms with Gasteiger partial charge < -0.3 is 35.6 Å². The monoisotopic (exact) mass is 618 g/mol. The molecule has 0 fully saturated rings. The molecule has 10 heteroatoms. The molecule has 2 atom stereocenters. The van der Waals surface area contributed by atoms with Gasteiger partial charge in [-0.25, -0.2) is 0 Å². The summed E-state index contributed by atoms with van der Waals surface area (Å²) in [6, 6.07) is 23.8. The summed E-state index contributed by atoms with van der Waals surface area (Å²) in [5, 5.41) is 18.8. The molecule has 0 bridgehead atoms. The molecule has 3 aromatic heterocycles. The first kappa shape index (κ1) is 31.1.